The highest BCUT2D eigenvalue weighted by molar-refractivity contribution is 6.30. The van der Waals surface area contributed by atoms with Gasteiger partial charge in [-0.05, 0) is 17.7 Å². The third kappa shape index (κ3) is 1.46. The predicted molar refractivity (Wildman–Crippen MR) is 58.1 cm³/mol. The minimum Gasteiger partial charge on any atom is -0.383 e. The number of nitrogens with zero attached hydrogens (tertiary/aromatic N) is 2. The minimum atomic E-state index is 0.646. The van der Waals surface area contributed by atoms with Crippen molar-refractivity contribution in [1.82, 2.24) is 9.78 Å². The molecular weight excluding hydrogens is 198 g/mol. The first-order valence-corrected chi connectivity index (χ1v) is 4.59. The molecule has 4 heteroatoms. The Hall–Kier alpha value is -1.48. The van der Waals surface area contributed by atoms with Crippen LogP contribution >= 0.6 is 11.6 Å². The quantitative estimate of drug-likeness (QED) is 0.780. The van der Waals surface area contributed by atoms with E-state index in [0.29, 0.717) is 10.8 Å². The van der Waals surface area contributed by atoms with Crippen LogP contribution < -0.4 is 5.73 Å². The van der Waals surface area contributed by atoms with Crippen LogP contribution in [0.2, 0.25) is 5.02 Å². The Morgan fingerprint density at radius 3 is 2.79 bits per heavy atom. The molecule has 0 radical (unpaired) electrons. The van der Waals surface area contributed by atoms with Gasteiger partial charge in [0.1, 0.15) is 5.82 Å². The molecule has 0 spiro atoms. The molecule has 0 atom stereocenters. The van der Waals surface area contributed by atoms with E-state index >= 15 is 0 Å². The summed E-state index contributed by atoms with van der Waals surface area (Å²) in [5, 5.41) is 4.77. The van der Waals surface area contributed by atoms with Crippen LogP contribution in [0.15, 0.2) is 30.5 Å². The van der Waals surface area contributed by atoms with Gasteiger partial charge >= 0.3 is 0 Å². The van der Waals surface area contributed by atoms with Gasteiger partial charge in [0.25, 0.3) is 0 Å². The summed E-state index contributed by atoms with van der Waals surface area (Å²) in [6, 6.07) is 7.55. The summed E-state index contributed by atoms with van der Waals surface area (Å²) in [4.78, 5) is 0. The molecule has 1 aromatic heterocycles. The summed E-state index contributed by atoms with van der Waals surface area (Å²) in [7, 11) is 1.81. The Balaban J connectivity index is 2.55. The van der Waals surface area contributed by atoms with Crippen LogP contribution in [0.25, 0.3) is 11.1 Å². The van der Waals surface area contributed by atoms with Crippen molar-refractivity contribution >= 4 is 17.4 Å². The Bertz CT molecular complexity index is 462. The lowest BCUT2D eigenvalue weighted by molar-refractivity contribution is 0.779. The lowest BCUT2D eigenvalue weighted by Gasteiger charge is -2.00. The average Bonchev–Trinajstić information content (AvgIpc) is 2.48. The molecule has 0 bridgehead atoms. The van der Waals surface area contributed by atoms with Gasteiger partial charge < -0.3 is 5.73 Å². The molecule has 0 aliphatic carbocycles. The summed E-state index contributed by atoms with van der Waals surface area (Å²) in [5.41, 5.74) is 7.74. The number of hydrogen-bond donors (Lipinski definition) is 1. The maximum Gasteiger partial charge on any atom is 0.129 e. The topological polar surface area (TPSA) is 43.8 Å². The van der Waals surface area contributed by atoms with Crippen LogP contribution in [0.1, 0.15) is 0 Å². The maximum absolute atomic E-state index is 5.89. The van der Waals surface area contributed by atoms with E-state index in [9.17, 15) is 0 Å². The van der Waals surface area contributed by atoms with E-state index in [4.69, 9.17) is 17.3 Å². The Labute approximate surface area is 87.1 Å². The Morgan fingerprint density at radius 1 is 1.43 bits per heavy atom. The van der Waals surface area contributed by atoms with Crippen LogP contribution in [-0.2, 0) is 7.05 Å². The second kappa shape index (κ2) is 3.35. The summed E-state index contributed by atoms with van der Waals surface area (Å²) in [5.74, 6) is 0.646. The van der Waals surface area contributed by atoms with E-state index in [1.807, 2.05) is 31.3 Å². The zero-order valence-corrected chi connectivity index (χ0v) is 8.49. The van der Waals surface area contributed by atoms with Crippen molar-refractivity contribution in [3.63, 3.8) is 0 Å². The molecule has 0 amide bonds. The van der Waals surface area contributed by atoms with Gasteiger partial charge in [-0.2, -0.15) is 5.10 Å². The summed E-state index contributed by atoms with van der Waals surface area (Å²) in [6.07, 6.45) is 1.74. The smallest absolute Gasteiger partial charge is 0.129 e. The second-order valence-electron chi connectivity index (χ2n) is 3.08. The van der Waals surface area contributed by atoms with E-state index < -0.39 is 0 Å². The first-order chi connectivity index (χ1) is 6.68. The minimum absolute atomic E-state index is 0.646. The monoisotopic (exact) mass is 207 g/mol. The van der Waals surface area contributed by atoms with Crippen molar-refractivity contribution < 1.29 is 0 Å². The summed E-state index contributed by atoms with van der Waals surface area (Å²) < 4.78 is 1.64. The van der Waals surface area contributed by atoms with Gasteiger partial charge in [0, 0.05) is 17.6 Å². The predicted octanol–water partition coefficient (Wildman–Crippen LogP) is 2.32. The number of benzene rings is 1. The van der Waals surface area contributed by atoms with Crippen molar-refractivity contribution in [3.8, 4) is 11.1 Å². The second-order valence-corrected chi connectivity index (χ2v) is 3.51. The molecule has 1 heterocycles. The number of aryl methyl sites for hydroxylation is 1. The summed E-state index contributed by atoms with van der Waals surface area (Å²) >= 11 is 5.89. The number of halogens is 1. The molecule has 14 heavy (non-hydrogen) atoms. The Morgan fingerprint density at radius 2 is 2.21 bits per heavy atom. The van der Waals surface area contributed by atoms with Gasteiger partial charge in [0.15, 0.2) is 0 Å². The molecule has 0 aliphatic rings. The molecule has 3 nitrogen and oxygen atoms in total. The van der Waals surface area contributed by atoms with Crippen LogP contribution in [0.5, 0.6) is 0 Å². The SMILES string of the molecule is Cn1ncc(-c2cccc(Cl)c2)c1N. The highest BCUT2D eigenvalue weighted by atomic mass is 35.5. The van der Waals surface area contributed by atoms with Gasteiger partial charge in [-0.15, -0.1) is 0 Å². The first kappa shape index (κ1) is 9.09. The first-order valence-electron chi connectivity index (χ1n) is 4.22. The Kier molecular flexibility index (Phi) is 2.17. The molecule has 0 aliphatic heterocycles. The van der Waals surface area contributed by atoms with Gasteiger partial charge in [-0.25, -0.2) is 0 Å². The van der Waals surface area contributed by atoms with Crippen LogP contribution in [0, 0.1) is 0 Å². The number of anilines is 1. The number of hydrogen-bond acceptors (Lipinski definition) is 2. The molecule has 2 N–H and O–H groups in total. The van der Waals surface area contributed by atoms with Crippen LogP contribution in [-0.4, -0.2) is 9.78 Å². The fourth-order valence-corrected chi connectivity index (χ4v) is 1.52. The molecule has 72 valence electrons. The molecule has 2 rings (SSSR count). The molecule has 2 aromatic rings. The molecule has 0 fully saturated rings. The lowest BCUT2D eigenvalue weighted by Crippen LogP contribution is -1.97. The fraction of sp³-hybridized carbons (Fsp3) is 0.100. The van der Waals surface area contributed by atoms with E-state index in [-0.39, 0.29) is 0 Å². The number of nitrogens with two attached hydrogens (primary N) is 1. The molecular formula is C10H10ClN3. The van der Waals surface area contributed by atoms with E-state index in [0.717, 1.165) is 11.1 Å². The lowest BCUT2D eigenvalue weighted by atomic mass is 10.1. The standard InChI is InChI=1S/C10H10ClN3/c1-14-10(12)9(6-13-14)7-3-2-4-8(11)5-7/h2-6H,12H2,1H3. The largest absolute Gasteiger partial charge is 0.383 e. The average molecular weight is 208 g/mol. The molecule has 0 unspecified atom stereocenters. The third-order valence-corrected chi connectivity index (χ3v) is 2.36. The van der Waals surface area contributed by atoms with Crippen molar-refractivity contribution in [2.75, 3.05) is 5.73 Å². The van der Waals surface area contributed by atoms with Crippen molar-refractivity contribution in [1.29, 1.82) is 0 Å². The van der Waals surface area contributed by atoms with Crippen molar-refractivity contribution in [2.45, 2.75) is 0 Å². The third-order valence-electron chi connectivity index (χ3n) is 2.12. The van der Waals surface area contributed by atoms with E-state index in [2.05, 4.69) is 5.10 Å². The maximum atomic E-state index is 5.89. The van der Waals surface area contributed by atoms with Crippen molar-refractivity contribution in [2.24, 2.45) is 7.05 Å². The van der Waals surface area contributed by atoms with E-state index in [1.165, 1.54) is 0 Å². The van der Waals surface area contributed by atoms with Gasteiger partial charge in [0.05, 0.1) is 6.20 Å². The highest BCUT2D eigenvalue weighted by Crippen LogP contribution is 2.26. The van der Waals surface area contributed by atoms with Crippen LogP contribution in [0.3, 0.4) is 0 Å². The zero-order chi connectivity index (χ0) is 10.1. The normalized spacial score (nSPS) is 10.4. The molecule has 1 aromatic carbocycles. The van der Waals surface area contributed by atoms with E-state index in [1.54, 1.807) is 10.9 Å². The molecule has 0 saturated heterocycles. The highest BCUT2D eigenvalue weighted by Gasteiger charge is 2.06. The summed E-state index contributed by atoms with van der Waals surface area (Å²) in [6.45, 7) is 0. The fourth-order valence-electron chi connectivity index (χ4n) is 1.33. The number of rotatable bonds is 1. The van der Waals surface area contributed by atoms with Gasteiger partial charge in [-0.3, -0.25) is 4.68 Å². The van der Waals surface area contributed by atoms with Gasteiger partial charge in [0.2, 0.25) is 0 Å². The number of aromatic nitrogens is 2. The van der Waals surface area contributed by atoms with Crippen LogP contribution in [0.4, 0.5) is 5.82 Å². The molecule has 0 saturated carbocycles. The van der Waals surface area contributed by atoms with Crippen molar-refractivity contribution in [3.05, 3.63) is 35.5 Å². The number of nitrogen functional groups attached to an aromatic ring is 1. The van der Waals surface area contributed by atoms with Gasteiger partial charge in [-0.1, -0.05) is 23.7 Å². The zero-order valence-electron chi connectivity index (χ0n) is 7.74.